The summed E-state index contributed by atoms with van der Waals surface area (Å²) in [6.07, 6.45) is 2.41. The van der Waals surface area contributed by atoms with Gasteiger partial charge in [0.2, 0.25) is 0 Å². The summed E-state index contributed by atoms with van der Waals surface area (Å²) < 4.78 is 5.31. The van der Waals surface area contributed by atoms with Crippen LogP contribution in [0, 0.1) is 0 Å². The van der Waals surface area contributed by atoms with Crippen molar-refractivity contribution in [2.24, 2.45) is 0 Å². The van der Waals surface area contributed by atoms with Gasteiger partial charge in [-0.25, -0.2) is 0 Å². The average Bonchev–Trinajstić information content (AvgIpc) is 2.27. The van der Waals surface area contributed by atoms with Gasteiger partial charge in [-0.15, -0.1) is 0 Å². The Morgan fingerprint density at radius 2 is 1.87 bits per heavy atom. The molecule has 0 bridgehead atoms. The summed E-state index contributed by atoms with van der Waals surface area (Å²) in [5.41, 5.74) is 0. The molecular formula is C11H10O3Se. The van der Waals surface area contributed by atoms with Crippen molar-refractivity contribution in [2.75, 3.05) is 7.11 Å². The molecule has 0 aliphatic rings. The zero-order chi connectivity index (χ0) is 11.1. The molecule has 78 valence electrons. The van der Waals surface area contributed by atoms with Crippen molar-refractivity contribution < 1.29 is 14.3 Å². The van der Waals surface area contributed by atoms with E-state index in [9.17, 15) is 9.59 Å². The van der Waals surface area contributed by atoms with Gasteiger partial charge in [0.15, 0.2) is 0 Å². The van der Waals surface area contributed by atoms with Gasteiger partial charge in [0.1, 0.15) is 0 Å². The van der Waals surface area contributed by atoms with Crippen molar-refractivity contribution in [3.8, 4) is 0 Å². The molecule has 0 N–H and O–H groups in total. The first-order valence-corrected chi connectivity index (χ1v) is 5.96. The second-order valence-corrected chi connectivity index (χ2v) is 4.85. The molecule has 4 heteroatoms. The maximum absolute atomic E-state index is 11.4. The first-order valence-electron chi connectivity index (χ1n) is 4.25. The van der Waals surface area contributed by atoms with E-state index >= 15 is 0 Å². The molecule has 1 aromatic carbocycles. The van der Waals surface area contributed by atoms with Crippen LogP contribution < -0.4 is 4.46 Å². The van der Waals surface area contributed by atoms with E-state index in [1.807, 2.05) is 30.3 Å². The summed E-state index contributed by atoms with van der Waals surface area (Å²) >= 11 is -0.272. The van der Waals surface area contributed by atoms with Crippen molar-refractivity contribution in [1.82, 2.24) is 0 Å². The molecule has 0 aliphatic heterocycles. The Bertz CT molecular complexity index is 371. The number of benzene rings is 1. The Balaban J connectivity index is 2.50. The predicted octanol–water partition coefficient (Wildman–Crippen LogP) is 0.272. The number of esters is 1. The Hall–Kier alpha value is -1.38. The van der Waals surface area contributed by atoms with E-state index in [0.717, 1.165) is 10.5 Å². The van der Waals surface area contributed by atoms with Gasteiger partial charge >= 0.3 is 94.0 Å². The van der Waals surface area contributed by atoms with Gasteiger partial charge in [-0.1, -0.05) is 0 Å². The number of allylic oxidation sites excluding steroid dienone is 1. The van der Waals surface area contributed by atoms with E-state index < -0.39 is 5.97 Å². The Labute approximate surface area is 94.3 Å². The minimum atomic E-state index is -0.507. The van der Waals surface area contributed by atoms with Crippen LogP contribution in [-0.4, -0.2) is 32.7 Å². The number of carbonyl (C=O) groups is 2. The summed E-state index contributed by atoms with van der Waals surface area (Å²) in [4.78, 5) is 22.1. The summed E-state index contributed by atoms with van der Waals surface area (Å²) in [5, 5.41) is 0. The van der Waals surface area contributed by atoms with Crippen molar-refractivity contribution in [3.05, 3.63) is 42.5 Å². The van der Waals surface area contributed by atoms with Crippen LogP contribution >= 0.6 is 0 Å². The van der Waals surface area contributed by atoms with Crippen molar-refractivity contribution in [1.29, 1.82) is 0 Å². The standard InChI is InChI=1S/C11H10O3Se/c1-14-10(12)7-8-11(13)15-9-5-3-2-4-6-9/h2-8H,1H3/b8-7+. The number of ether oxygens (including phenoxy) is 1. The van der Waals surface area contributed by atoms with E-state index in [1.54, 1.807) is 0 Å². The fourth-order valence-corrected chi connectivity index (χ4v) is 2.23. The second kappa shape index (κ2) is 6.17. The van der Waals surface area contributed by atoms with Crippen LogP contribution in [0.4, 0.5) is 0 Å². The van der Waals surface area contributed by atoms with Crippen LogP contribution in [0.1, 0.15) is 0 Å². The third kappa shape index (κ3) is 4.58. The summed E-state index contributed by atoms with van der Waals surface area (Å²) in [7, 11) is 1.28. The van der Waals surface area contributed by atoms with Crippen LogP contribution in [0.2, 0.25) is 0 Å². The molecule has 1 rings (SSSR count). The maximum atomic E-state index is 11.4. The van der Waals surface area contributed by atoms with Gasteiger partial charge in [-0.2, -0.15) is 0 Å². The number of methoxy groups -OCH3 is 1. The molecule has 0 saturated carbocycles. The van der Waals surface area contributed by atoms with Gasteiger partial charge in [-0.05, 0) is 0 Å². The molecule has 0 radical (unpaired) electrons. The van der Waals surface area contributed by atoms with Crippen LogP contribution in [0.15, 0.2) is 42.5 Å². The van der Waals surface area contributed by atoms with E-state index in [1.165, 1.54) is 13.2 Å². The van der Waals surface area contributed by atoms with Crippen LogP contribution in [0.3, 0.4) is 0 Å². The fourth-order valence-electron chi connectivity index (χ4n) is 0.843. The molecule has 0 heterocycles. The van der Waals surface area contributed by atoms with E-state index in [-0.39, 0.29) is 19.6 Å². The molecule has 0 unspecified atom stereocenters. The summed E-state index contributed by atoms with van der Waals surface area (Å²) in [5.74, 6) is -0.507. The third-order valence-corrected chi connectivity index (χ3v) is 3.29. The molecule has 0 fully saturated rings. The zero-order valence-corrected chi connectivity index (χ0v) is 9.89. The van der Waals surface area contributed by atoms with Crippen molar-refractivity contribution in [3.63, 3.8) is 0 Å². The minimum absolute atomic E-state index is 0.0564. The Morgan fingerprint density at radius 1 is 1.20 bits per heavy atom. The molecular weight excluding hydrogens is 259 g/mol. The Morgan fingerprint density at radius 3 is 2.47 bits per heavy atom. The molecule has 0 amide bonds. The predicted molar refractivity (Wildman–Crippen MR) is 58.0 cm³/mol. The molecule has 15 heavy (non-hydrogen) atoms. The van der Waals surface area contributed by atoms with E-state index in [4.69, 9.17) is 0 Å². The average molecular weight is 269 g/mol. The number of hydrogen-bond donors (Lipinski definition) is 0. The van der Waals surface area contributed by atoms with Crippen LogP contribution in [-0.2, 0) is 14.3 Å². The molecule has 0 atom stereocenters. The normalized spacial score (nSPS) is 10.2. The van der Waals surface area contributed by atoms with Gasteiger partial charge in [0, 0.05) is 0 Å². The number of rotatable bonds is 4. The van der Waals surface area contributed by atoms with Crippen LogP contribution in [0.25, 0.3) is 0 Å². The number of carbonyl (C=O) groups excluding carboxylic acids is 2. The van der Waals surface area contributed by atoms with Gasteiger partial charge in [0.25, 0.3) is 0 Å². The van der Waals surface area contributed by atoms with E-state index in [2.05, 4.69) is 4.74 Å². The molecule has 0 aliphatic carbocycles. The van der Waals surface area contributed by atoms with Gasteiger partial charge < -0.3 is 0 Å². The fraction of sp³-hybridized carbons (Fsp3) is 0.0909. The monoisotopic (exact) mass is 270 g/mol. The van der Waals surface area contributed by atoms with Crippen molar-refractivity contribution in [2.45, 2.75) is 0 Å². The molecule has 0 spiro atoms. The third-order valence-electron chi connectivity index (χ3n) is 1.52. The zero-order valence-electron chi connectivity index (χ0n) is 8.17. The first-order chi connectivity index (χ1) is 7.22. The number of hydrogen-bond acceptors (Lipinski definition) is 3. The molecule has 1 aromatic rings. The Kier molecular flexibility index (Phi) is 4.81. The molecule has 0 aromatic heterocycles. The SMILES string of the molecule is COC(=O)/C=C/C(=O)[Se]c1ccccc1. The summed E-state index contributed by atoms with van der Waals surface area (Å²) in [6, 6.07) is 9.45. The quantitative estimate of drug-likeness (QED) is 0.448. The molecule has 0 saturated heterocycles. The van der Waals surface area contributed by atoms with Crippen LogP contribution in [0.5, 0.6) is 0 Å². The van der Waals surface area contributed by atoms with Crippen molar-refractivity contribution >= 4 is 30.1 Å². The topological polar surface area (TPSA) is 43.4 Å². The van der Waals surface area contributed by atoms with Gasteiger partial charge in [0.05, 0.1) is 0 Å². The summed E-state index contributed by atoms with van der Waals surface area (Å²) in [6.45, 7) is 0. The second-order valence-electron chi connectivity index (χ2n) is 2.59. The molecule has 3 nitrogen and oxygen atoms in total. The van der Waals surface area contributed by atoms with E-state index in [0.29, 0.717) is 0 Å². The van der Waals surface area contributed by atoms with Gasteiger partial charge in [-0.3, -0.25) is 0 Å². The first kappa shape index (κ1) is 11.7.